The molecule has 102 valence electrons. The first-order valence-corrected chi connectivity index (χ1v) is 5.88. The molecule has 2 rings (SSSR count). The number of ether oxygens (including phenoxy) is 1. The molecule has 6 nitrogen and oxygen atoms in total. The van der Waals surface area contributed by atoms with Crippen molar-refractivity contribution in [2.24, 2.45) is 5.73 Å². The second kappa shape index (κ2) is 6.33. The zero-order chi connectivity index (χ0) is 14.4. The molecule has 0 radical (unpaired) electrons. The lowest BCUT2D eigenvalue weighted by atomic mass is 10.2. The van der Waals surface area contributed by atoms with E-state index in [0.29, 0.717) is 17.0 Å². The number of carbonyl (C=O) groups is 2. The number of primary amides is 1. The highest BCUT2D eigenvalue weighted by Gasteiger charge is 2.05. The van der Waals surface area contributed by atoms with E-state index in [2.05, 4.69) is 10.3 Å². The highest BCUT2D eigenvalue weighted by atomic mass is 16.5. The standard InChI is InChI=1S/C14H13N3O3/c15-13(18)9-20-12-5-3-11(4-6-12)17-14(19)10-2-1-7-16-8-10/h1-8H,9H2,(H2,15,18)(H,17,19). The number of aromatic nitrogens is 1. The van der Waals surface area contributed by atoms with Crippen molar-refractivity contribution in [2.45, 2.75) is 0 Å². The SMILES string of the molecule is NC(=O)COc1ccc(NC(=O)c2cccnc2)cc1. The summed E-state index contributed by atoms with van der Waals surface area (Å²) in [6, 6.07) is 9.99. The molecular formula is C14H13N3O3. The van der Waals surface area contributed by atoms with E-state index in [1.54, 1.807) is 42.6 Å². The van der Waals surface area contributed by atoms with E-state index in [0.717, 1.165) is 0 Å². The first-order chi connectivity index (χ1) is 9.65. The third-order valence-corrected chi connectivity index (χ3v) is 2.42. The summed E-state index contributed by atoms with van der Waals surface area (Å²) in [5.41, 5.74) is 6.06. The summed E-state index contributed by atoms with van der Waals surface area (Å²) in [4.78, 5) is 26.3. The molecule has 1 aromatic heterocycles. The summed E-state index contributed by atoms with van der Waals surface area (Å²) in [6.45, 7) is -0.179. The molecule has 6 heteroatoms. The number of hydrogen-bond donors (Lipinski definition) is 2. The number of nitrogens with zero attached hydrogens (tertiary/aromatic N) is 1. The molecule has 0 saturated heterocycles. The predicted molar refractivity (Wildman–Crippen MR) is 73.3 cm³/mol. The molecule has 0 atom stereocenters. The van der Waals surface area contributed by atoms with Crippen LogP contribution in [-0.2, 0) is 4.79 Å². The van der Waals surface area contributed by atoms with Crippen molar-refractivity contribution in [2.75, 3.05) is 11.9 Å². The molecule has 3 N–H and O–H groups in total. The van der Waals surface area contributed by atoms with Gasteiger partial charge < -0.3 is 15.8 Å². The maximum atomic E-state index is 11.9. The molecule has 0 aliphatic rings. The molecule has 0 aliphatic heterocycles. The number of nitrogens with one attached hydrogen (secondary N) is 1. The van der Waals surface area contributed by atoms with Crippen LogP contribution < -0.4 is 15.8 Å². The lowest BCUT2D eigenvalue weighted by molar-refractivity contribution is -0.119. The van der Waals surface area contributed by atoms with Gasteiger partial charge in [0.2, 0.25) is 0 Å². The van der Waals surface area contributed by atoms with Gasteiger partial charge in [0.15, 0.2) is 6.61 Å². The molecule has 20 heavy (non-hydrogen) atoms. The zero-order valence-corrected chi connectivity index (χ0v) is 10.6. The van der Waals surface area contributed by atoms with Gasteiger partial charge in [0, 0.05) is 18.1 Å². The lowest BCUT2D eigenvalue weighted by Gasteiger charge is -2.07. The van der Waals surface area contributed by atoms with Crippen LogP contribution >= 0.6 is 0 Å². The van der Waals surface area contributed by atoms with E-state index in [9.17, 15) is 9.59 Å². The first-order valence-electron chi connectivity index (χ1n) is 5.88. The van der Waals surface area contributed by atoms with Crippen molar-refractivity contribution >= 4 is 17.5 Å². The summed E-state index contributed by atoms with van der Waals surface area (Å²) in [7, 11) is 0. The van der Waals surface area contributed by atoms with E-state index in [-0.39, 0.29) is 12.5 Å². The predicted octanol–water partition coefficient (Wildman–Crippen LogP) is 1.20. The highest BCUT2D eigenvalue weighted by Crippen LogP contribution is 2.16. The maximum absolute atomic E-state index is 11.9. The molecular weight excluding hydrogens is 258 g/mol. The summed E-state index contributed by atoms with van der Waals surface area (Å²) >= 11 is 0. The van der Waals surface area contributed by atoms with Crippen LogP contribution in [0.1, 0.15) is 10.4 Å². The van der Waals surface area contributed by atoms with Crippen LogP contribution in [0.25, 0.3) is 0 Å². The third kappa shape index (κ3) is 3.81. The average molecular weight is 271 g/mol. The smallest absolute Gasteiger partial charge is 0.257 e. The van der Waals surface area contributed by atoms with Gasteiger partial charge in [-0.25, -0.2) is 0 Å². The van der Waals surface area contributed by atoms with Crippen molar-refractivity contribution in [3.63, 3.8) is 0 Å². The summed E-state index contributed by atoms with van der Waals surface area (Å²) in [6.07, 6.45) is 3.08. The summed E-state index contributed by atoms with van der Waals surface area (Å²) in [5.74, 6) is -0.286. The quantitative estimate of drug-likeness (QED) is 0.854. The molecule has 0 bridgehead atoms. The molecule has 1 heterocycles. The van der Waals surface area contributed by atoms with Crippen molar-refractivity contribution in [1.82, 2.24) is 4.98 Å². The van der Waals surface area contributed by atoms with Crippen LogP contribution in [0.5, 0.6) is 5.75 Å². The van der Waals surface area contributed by atoms with Crippen LogP contribution in [0, 0.1) is 0 Å². The van der Waals surface area contributed by atoms with Crippen LogP contribution in [0.2, 0.25) is 0 Å². The Bertz CT molecular complexity index is 597. The van der Waals surface area contributed by atoms with Crippen LogP contribution in [0.15, 0.2) is 48.8 Å². The van der Waals surface area contributed by atoms with Gasteiger partial charge in [0.05, 0.1) is 5.56 Å². The van der Waals surface area contributed by atoms with Gasteiger partial charge >= 0.3 is 0 Å². The Morgan fingerprint density at radius 3 is 2.55 bits per heavy atom. The van der Waals surface area contributed by atoms with Gasteiger partial charge in [-0.2, -0.15) is 0 Å². The van der Waals surface area contributed by atoms with Crippen molar-refractivity contribution < 1.29 is 14.3 Å². The van der Waals surface area contributed by atoms with Gasteiger partial charge in [-0.05, 0) is 36.4 Å². The fraction of sp³-hybridized carbons (Fsp3) is 0.0714. The van der Waals surface area contributed by atoms with Crippen molar-refractivity contribution in [1.29, 1.82) is 0 Å². The van der Waals surface area contributed by atoms with Gasteiger partial charge in [0.1, 0.15) is 5.75 Å². The second-order valence-corrected chi connectivity index (χ2v) is 3.98. The Balaban J connectivity index is 1.97. The van der Waals surface area contributed by atoms with Gasteiger partial charge in [-0.1, -0.05) is 0 Å². The Hall–Kier alpha value is -2.89. The molecule has 0 unspecified atom stereocenters. The number of nitrogens with two attached hydrogens (primary N) is 1. The van der Waals surface area contributed by atoms with Gasteiger partial charge in [-0.3, -0.25) is 14.6 Å². The van der Waals surface area contributed by atoms with E-state index < -0.39 is 5.91 Å². The third-order valence-electron chi connectivity index (χ3n) is 2.42. The van der Waals surface area contributed by atoms with Crippen molar-refractivity contribution in [3.05, 3.63) is 54.4 Å². The highest BCUT2D eigenvalue weighted by molar-refractivity contribution is 6.04. The second-order valence-electron chi connectivity index (χ2n) is 3.98. The number of rotatable bonds is 5. The van der Waals surface area contributed by atoms with E-state index in [4.69, 9.17) is 10.5 Å². The largest absolute Gasteiger partial charge is 0.484 e. The molecule has 0 fully saturated rings. The van der Waals surface area contributed by atoms with E-state index >= 15 is 0 Å². The van der Waals surface area contributed by atoms with Crippen molar-refractivity contribution in [3.8, 4) is 5.75 Å². The Morgan fingerprint density at radius 1 is 1.20 bits per heavy atom. The minimum atomic E-state index is -0.543. The first kappa shape index (κ1) is 13.5. The molecule has 1 aromatic carbocycles. The molecule has 2 amide bonds. The van der Waals surface area contributed by atoms with Crippen LogP contribution in [0.3, 0.4) is 0 Å². The Morgan fingerprint density at radius 2 is 1.95 bits per heavy atom. The number of carbonyl (C=O) groups excluding carboxylic acids is 2. The van der Waals surface area contributed by atoms with Crippen LogP contribution in [-0.4, -0.2) is 23.4 Å². The zero-order valence-electron chi connectivity index (χ0n) is 10.6. The number of benzene rings is 1. The van der Waals surface area contributed by atoms with E-state index in [1.165, 1.54) is 6.20 Å². The average Bonchev–Trinajstić information content (AvgIpc) is 2.47. The topological polar surface area (TPSA) is 94.3 Å². The normalized spacial score (nSPS) is 9.80. The Labute approximate surface area is 115 Å². The number of anilines is 1. The van der Waals surface area contributed by atoms with Crippen LogP contribution in [0.4, 0.5) is 5.69 Å². The molecule has 0 aliphatic carbocycles. The number of amides is 2. The molecule has 2 aromatic rings. The maximum Gasteiger partial charge on any atom is 0.257 e. The number of pyridine rings is 1. The fourth-order valence-corrected chi connectivity index (χ4v) is 1.49. The summed E-state index contributed by atoms with van der Waals surface area (Å²) in [5, 5.41) is 2.72. The Kier molecular flexibility index (Phi) is 4.28. The van der Waals surface area contributed by atoms with Gasteiger partial charge in [-0.15, -0.1) is 0 Å². The van der Waals surface area contributed by atoms with Gasteiger partial charge in [0.25, 0.3) is 11.8 Å². The summed E-state index contributed by atoms with van der Waals surface area (Å²) < 4.78 is 5.11. The minimum Gasteiger partial charge on any atom is -0.484 e. The number of hydrogen-bond acceptors (Lipinski definition) is 4. The molecule has 0 saturated carbocycles. The minimum absolute atomic E-state index is 0.179. The molecule has 0 spiro atoms. The fourth-order valence-electron chi connectivity index (χ4n) is 1.49. The van der Waals surface area contributed by atoms with E-state index in [1.807, 2.05) is 0 Å². The monoisotopic (exact) mass is 271 g/mol. The lowest BCUT2D eigenvalue weighted by Crippen LogP contribution is -2.20.